The molecule has 1 aromatic rings. The van der Waals surface area contributed by atoms with Crippen molar-refractivity contribution in [1.82, 2.24) is 9.88 Å². The molecule has 0 aliphatic carbocycles. The van der Waals surface area contributed by atoms with Gasteiger partial charge in [0.1, 0.15) is 0 Å². The molecule has 1 saturated heterocycles. The van der Waals surface area contributed by atoms with Gasteiger partial charge in [-0.15, -0.1) is 0 Å². The summed E-state index contributed by atoms with van der Waals surface area (Å²) in [5.41, 5.74) is 7.01. The lowest BCUT2D eigenvalue weighted by atomic mass is 9.99. The minimum atomic E-state index is 0.0744. The van der Waals surface area contributed by atoms with Crippen molar-refractivity contribution in [1.29, 1.82) is 0 Å². The van der Waals surface area contributed by atoms with E-state index in [9.17, 15) is 4.79 Å². The van der Waals surface area contributed by atoms with Crippen LogP contribution in [0.3, 0.4) is 0 Å². The average Bonchev–Trinajstić information content (AvgIpc) is 2.16. The van der Waals surface area contributed by atoms with Crippen molar-refractivity contribution in [2.24, 2.45) is 11.7 Å². The van der Waals surface area contributed by atoms with Gasteiger partial charge in [-0.25, -0.2) is 0 Å². The molecule has 4 heteroatoms. The Morgan fingerprint density at radius 1 is 1.67 bits per heavy atom. The third-order valence-corrected chi connectivity index (χ3v) is 2.82. The molecule has 0 aromatic carbocycles. The molecule has 0 unspecified atom stereocenters. The summed E-state index contributed by atoms with van der Waals surface area (Å²) >= 11 is 0. The predicted octanol–water partition coefficient (Wildman–Crippen LogP) is 0.421. The highest BCUT2D eigenvalue weighted by atomic mass is 16.2. The van der Waals surface area contributed by atoms with Crippen LogP contribution in [0.5, 0.6) is 0 Å². The molecule has 4 nitrogen and oxygen atoms in total. The number of carbonyl (C=O) groups excluding carboxylic acids is 1. The Kier molecular flexibility index (Phi) is 2.68. The third kappa shape index (κ3) is 1.85. The van der Waals surface area contributed by atoms with Crippen molar-refractivity contribution in [3.8, 4) is 0 Å². The number of rotatable bonds is 2. The molecule has 1 amide bonds. The quantitative estimate of drug-likeness (QED) is 0.761. The zero-order valence-electron chi connectivity index (χ0n) is 8.81. The molecule has 2 heterocycles. The predicted molar refractivity (Wildman–Crippen MR) is 57.4 cm³/mol. The van der Waals surface area contributed by atoms with Gasteiger partial charge >= 0.3 is 0 Å². The highest BCUT2D eigenvalue weighted by Crippen LogP contribution is 2.18. The van der Waals surface area contributed by atoms with E-state index in [2.05, 4.69) is 4.98 Å². The monoisotopic (exact) mass is 205 g/mol. The van der Waals surface area contributed by atoms with E-state index in [-0.39, 0.29) is 5.91 Å². The minimum Gasteiger partial charge on any atom is -0.338 e. The normalized spacial score (nSPS) is 16.3. The molecule has 2 N–H and O–H groups in total. The van der Waals surface area contributed by atoms with Crippen LogP contribution in [0.25, 0.3) is 0 Å². The summed E-state index contributed by atoms with van der Waals surface area (Å²) in [5, 5.41) is 0. The standard InChI is InChI=1S/C11H15N3O/c1-8-10(3-2-4-13-8)11(15)14-6-9(5-12)7-14/h2-4,9H,5-7,12H2,1H3. The summed E-state index contributed by atoms with van der Waals surface area (Å²) in [5.74, 6) is 0.552. The van der Waals surface area contributed by atoms with Crippen molar-refractivity contribution in [3.05, 3.63) is 29.6 Å². The Balaban J connectivity index is 2.07. The van der Waals surface area contributed by atoms with Crippen LogP contribution in [-0.4, -0.2) is 35.4 Å². The Bertz CT molecular complexity index is 372. The van der Waals surface area contributed by atoms with Gasteiger partial charge in [0.25, 0.3) is 5.91 Å². The van der Waals surface area contributed by atoms with E-state index in [1.807, 2.05) is 17.9 Å². The first-order chi connectivity index (χ1) is 7.22. The van der Waals surface area contributed by atoms with E-state index in [0.29, 0.717) is 18.0 Å². The maximum absolute atomic E-state index is 12.0. The molecule has 80 valence electrons. The molecule has 0 bridgehead atoms. The maximum Gasteiger partial charge on any atom is 0.255 e. The van der Waals surface area contributed by atoms with E-state index < -0.39 is 0 Å². The van der Waals surface area contributed by atoms with Gasteiger partial charge < -0.3 is 10.6 Å². The molecular weight excluding hydrogens is 190 g/mol. The summed E-state index contributed by atoms with van der Waals surface area (Å²) in [6.45, 7) is 4.08. The summed E-state index contributed by atoms with van der Waals surface area (Å²) < 4.78 is 0. The van der Waals surface area contributed by atoms with Crippen molar-refractivity contribution in [2.75, 3.05) is 19.6 Å². The van der Waals surface area contributed by atoms with E-state index in [1.165, 1.54) is 0 Å². The smallest absolute Gasteiger partial charge is 0.255 e. The Morgan fingerprint density at radius 3 is 3.00 bits per heavy atom. The van der Waals surface area contributed by atoms with Gasteiger partial charge in [0.05, 0.1) is 5.56 Å². The molecule has 1 aromatic heterocycles. The first kappa shape index (κ1) is 10.1. The Labute approximate surface area is 89.1 Å². The van der Waals surface area contributed by atoms with Gasteiger partial charge in [-0.2, -0.15) is 0 Å². The van der Waals surface area contributed by atoms with Crippen LogP contribution in [0.15, 0.2) is 18.3 Å². The highest BCUT2D eigenvalue weighted by Gasteiger charge is 2.30. The van der Waals surface area contributed by atoms with Crippen molar-refractivity contribution < 1.29 is 4.79 Å². The number of pyridine rings is 1. The van der Waals surface area contributed by atoms with Crippen LogP contribution in [0.1, 0.15) is 16.1 Å². The fourth-order valence-electron chi connectivity index (χ4n) is 1.77. The number of amides is 1. The van der Waals surface area contributed by atoms with Gasteiger partial charge in [-0.1, -0.05) is 0 Å². The second kappa shape index (κ2) is 3.98. The SMILES string of the molecule is Cc1ncccc1C(=O)N1CC(CN)C1. The van der Waals surface area contributed by atoms with Crippen molar-refractivity contribution >= 4 is 5.91 Å². The van der Waals surface area contributed by atoms with Crippen LogP contribution in [0.2, 0.25) is 0 Å². The highest BCUT2D eigenvalue weighted by molar-refractivity contribution is 5.95. The summed E-state index contributed by atoms with van der Waals surface area (Å²) in [7, 11) is 0. The van der Waals surface area contributed by atoms with Gasteiger partial charge in [-0.3, -0.25) is 9.78 Å². The molecule has 1 aliphatic heterocycles. The third-order valence-electron chi connectivity index (χ3n) is 2.82. The van der Waals surface area contributed by atoms with Gasteiger partial charge in [0, 0.05) is 30.9 Å². The molecule has 0 saturated carbocycles. The van der Waals surface area contributed by atoms with Gasteiger partial charge in [0.2, 0.25) is 0 Å². The maximum atomic E-state index is 12.0. The van der Waals surface area contributed by atoms with E-state index >= 15 is 0 Å². The number of aryl methyl sites for hydroxylation is 1. The summed E-state index contributed by atoms with van der Waals surface area (Å²) in [6.07, 6.45) is 1.70. The first-order valence-electron chi connectivity index (χ1n) is 5.13. The van der Waals surface area contributed by atoms with Crippen LogP contribution in [0, 0.1) is 12.8 Å². The van der Waals surface area contributed by atoms with Crippen LogP contribution < -0.4 is 5.73 Å². The number of nitrogens with two attached hydrogens (primary N) is 1. The number of aromatic nitrogens is 1. The lowest BCUT2D eigenvalue weighted by Gasteiger charge is -2.38. The average molecular weight is 205 g/mol. The van der Waals surface area contributed by atoms with E-state index in [4.69, 9.17) is 5.73 Å². The number of nitrogens with zero attached hydrogens (tertiary/aromatic N) is 2. The minimum absolute atomic E-state index is 0.0744. The molecule has 1 fully saturated rings. The van der Waals surface area contributed by atoms with Crippen LogP contribution in [0.4, 0.5) is 0 Å². The molecule has 0 spiro atoms. The van der Waals surface area contributed by atoms with Crippen LogP contribution >= 0.6 is 0 Å². The number of likely N-dealkylation sites (tertiary alicyclic amines) is 1. The Hall–Kier alpha value is -1.42. The number of hydrogen-bond donors (Lipinski definition) is 1. The lowest BCUT2D eigenvalue weighted by Crippen LogP contribution is -2.52. The second-order valence-electron chi connectivity index (χ2n) is 3.95. The van der Waals surface area contributed by atoms with E-state index in [0.717, 1.165) is 18.8 Å². The van der Waals surface area contributed by atoms with Crippen molar-refractivity contribution in [3.63, 3.8) is 0 Å². The molecule has 15 heavy (non-hydrogen) atoms. The second-order valence-corrected chi connectivity index (χ2v) is 3.95. The lowest BCUT2D eigenvalue weighted by molar-refractivity contribution is 0.0514. The number of hydrogen-bond acceptors (Lipinski definition) is 3. The van der Waals surface area contributed by atoms with Gasteiger partial charge in [0.15, 0.2) is 0 Å². The van der Waals surface area contributed by atoms with Crippen LogP contribution in [-0.2, 0) is 0 Å². The summed E-state index contributed by atoms with van der Waals surface area (Å²) in [4.78, 5) is 17.9. The van der Waals surface area contributed by atoms with Crippen molar-refractivity contribution in [2.45, 2.75) is 6.92 Å². The number of carbonyl (C=O) groups is 1. The summed E-state index contributed by atoms with van der Waals surface area (Å²) in [6, 6.07) is 3.61. The Morgan fingerprint density at radius 2 is 2.40 bits per heavy atom. The fourth-order valence-corrected chi connectivity index (χ4v) is 1.77. The zero-order chi connectivity index (χ0) is 10.8. The molecule has 0 atom stereocenters. The molecule has 1 aliphatic rings. The molecule has 0 radical (unpaired) electrons. The van der Waals surface area contributed by atoms with E-state index in [1.54, 1.807) is 12.3 Å². The molecule has 2 rings (SSSR count). The topological polar surface area (TPSA) is 59.2 Å². The van der Waals surface area contributed by atoms with Gasteiger partial charge in [-0.05, 0) is 25.6 Å². The molecular formula is C11H15N3O. The fraction of sp³-hybridized carbons (Fsp3) is 0.455. The largest absolute Gasteiger partial charge is 0.338 e. The zero-order valence-corrected chi connectivity index (χ0v) is 8.81. The first-order valence-corrected chi connectivity index (χ1v) is 5.13.